The Labute approximate surface area is 151 Å². The van der Waals surface area contributed by atoms with Gasteiger partial charge < -0.3 is 10.6 Å². The molecule has 0 aromatic heterocycles. The Morgan fingerprint density at radius 2 is 1.54 bits per heavy atom. The monoisotopic (exact) mass is 364 g/mol. The summed E-state index contributed by atoms with van der Waals surface area (Å²) in [5.41, 5.74) is 0.810. The van der Waals surface area contributed by atoms with Gasteiger partial charge in [-0.15, -0.1) is 0 Å². The highest BCUT2D eigenvalue weighted by Crippen LogP contribution is 2.27. The van der Waals surface area contributed by atoms with Crippen LogP contribution >= 0.6 is 23.2 Å². The van der Waals surface area contributed by atoms with Gasteiger partial charge in [-0.3, -0.25) is 9.59 Å². The maximum absolute atomic E-state index is 12.5. The summed E-state index contributed by atoms with van der Waals surface area (Å²) in [7, 11) is 0. The van der Waals surface area contributed by atoms with Crippen LogP contribution in [-0.4, -0.2) is 11.8 Å². The molecule has 0 unspecified atom stereocenters. The summed E-state index contributed by atoms with van der Waals surface area (Å²) < 4.78 is 0. The van der Waals surface area contributed by atoms with Gasteiger partial charge in [-0.1, -0.05) is 41.4 Å². The lowest BCUT2D eigenvalue weighted by Crippen LogP contribution is -2.41. The van der Waals surface area contributed by atoms with Crippen molar-refractivity contribution in [1.82, 2.24) is 0 Å². The molecule has 0 aliphatic rings. The molecule has 0 fully saturated rings. The lowest BCUT2D eigenvalue weighted by molar-refractivity contribution is -0.135. The Morgan fingerprint density at radius 3 is 2.17 bits per heavy atom. The summed E-state index contributed by atoms with van der Waals surface area (Å²) in [6.45, 7) is 5.01. The van der Waals surface area contributed by atoms with Crippen LogP contribution in [0.3, 0.4) is 0 Å². The molecular formula is C18H18Cl2N2O2. The summed E-state index contributed by atoms with van der Waals surface area (Å²) >= 11 is 11.8. The molecule has 0 bridgehead atoms. The first-order valence-corrected chi connectivity index (χ1v) is 8.11. The van der Waals surface area contributed by atoms with Crippen molar-refractivity contribution in [2.45, 2.75) is 20.8 Å². The Balaban J connectivity index is 2.13. The molecule has 2 aromatic rings. The van der Waals surface area contributed by atoms with Crippen LogP contribution in [0, 0.1) is 12.3 Å². The van der Waals surface area contributed by atoms with E-state index in [-0.39, 0.29) is 0 Å². The van der Waals surface area contributed by atoms with E-state index in [2.05, 4.69) is 10.6 Å². The molecule has 0 atom stereocenters. The molecule has 0 heterocycles. The number of hydrogen-bond acceptors (Lipinski definition) is 2. The Hall–Kier alpha value is -2.04. The van der Waals surface area contributed by atoms with Gasteiger partial charge in [0.2, 0.25) is 11.8 Å². The van der Waals surface area contributed by atoms with Gasteiger partial charge in [0.25, 0.3) is 0 Å². The van der Waals surface area contributed by atoms with Crippen LogP contribution < -0.4 is 10.6 Å². The summed E-state index contributed by atoms with van der Waals surface area (Å²) in [4.78, 5) is 25.0. The average molecular weight is 365 g/mol. The fourth-order valence-electron chi connectivity index (χ4n) is 1.96. The summed E-state index contributed by atoms with van der Waals surface area (Å²) in [5, 5.41) is 6.20. The van der Waals surface area contributed by atoms with E-state index >= 15 is 0 Å². The third-order valence-electron chi connectivity index (χ3n) is 3.71. The second-order valence-corrected chi connectivity index (χ2v) is 6.79. The van der Waals surface area contributed by atoms with Crippen molar-refractivity contribution in [2.24, 2.45) is 5.41 Å². The van der Waals surface area contributed by atoms with Gasteiger partial charge in [0.1, 0.15) is 5.41 Å². The molecule has 0 spiro atoms. The molecule has 0 saturated carbocycles. The molecule has 4 nitrogen and oxygen atoms in total. The van der Waals surface area contributed by atoms with Gasteiger partial charge in [0, 0.05) is 11.4 Å². The SMILES string of the molecule is Cc1ccccc1NC(=O)C(C)(C)C(=O)Nc1ccc(Cl)c(Cl)c1. The van der Waals surface area contributed by atoms with Crippen molar-refractivity contribution in [3.05, 3.63) is 58.1 Å². The van der Waals surface area contributed by atoms with Gasteiger partial charge in [-0.25, -0.2) is 0 Å². The number of anilines is 2. The van der Waals surface area contributed by atoms with Crippen molar-refractivity contribution in [3.8, 4) is 0 Å². The molecule has 0 aliphatic heterocycles. The lowest BCUT2D eigenvalue weighted by atomic mass is 9.90. The van der Waals surface area contributed by atoms with Crippen LogP contribution in [0.25, 0.3) is 0 Å². The number of carbonyl (C=O) groups is 2. The largest absolute Gasteiger partial charge is 0.325 e. The van der Waals surface area contributed by atoms with Gasteiger partial charge in [-0.2, -0.15) is 0 Å². The molecule has 2 aromatic carbocycles. The quantitative estimate of drug-likeness (QED) is 0.757. The molecule has 2 N–H and O–H groups in total. The molecule has 0 radical (unpaired) electrons. The maximum atomic E-state index is 12.5. The summed E-state index contributed by atoms with van der Waals surface area (Å²) in [5.74, 6) is -0.832. The standard InChI is InChI=1S/C18H18Cl2N2O2/c1-11-6-4-5-7-15(11)22-17(24)18(2,3)16(23)21-12-8-9-13(19)14(20)10-12/h4-10H,1-3H3,(H,21,23)(H,22,24). The predicted octanol–water partition coefficient (Wildman–Crippen LogP) is 4.91. The van der Waals surface area contributed by atoms with Crippen LogP contribution in [0.5, 0.6) is 0 Å². The highest BCUT2D eigenvalue weighted by molar-refractivity contribution is 6.42. The van der Waals surface area contributed by atoms with E-state index < -0.39 is 17.2 Å². The number of rotatable bonds is 4. The zero-order valence-electron chi connectivity index (χ0n) is 13.6. The van der Waals surface area contributed by atoms with Crippen LogP contribution in [0.2, 0.25) is 10.0 Å². The predicted molar refractivity (Wildman–Crippen MR) is 98.7 cm³/mol. The molecule has 6 heteroatoms. The zero-order valence-corrected chi connectivity index (χ0v) is 15.1. The first kappa shape index (κ1) is 18.3. The van der Waals surface area contributed by atoms with Crippen molar-refractivity contribution < 1.29 is 9.59 Å². The van der Waals surface area contributed by atoms with Crippen LogP contribution in [0.4, 0.5) is 11.4 Å². The first-order valence-electron chi connectivity index (χ1n) is 7.35. The van der Waals surface area contributed by atoms with Crippen LogP contribution in [-0.2, 0) is 9.59 Å². The Kier molecular flexibility index (Phi) is 5.52. The van der Waals surface area contributed by atoms with E-state index in [1.54, 1.807) is 32.0 Å². The van der Waals surface area contributed by atoms with Crippen LogP contribution in [0.15, 0.2) is 42.5 Å². The van der Waals surface area contributed by atoms with Gasteiger partial charge in [-0.05, 0) is 50.6 Å². The van der Waals surface area contributed by atoms with Gasteiger partial charge >= 0.3 is 0 Å². The number of nitrogens with one attached hydrogen (secondary N) is 2. The third-order valence-corrected chi connectivity index (χ3v) is 4.45. The minimum Gasteiger partial charge on any atom is -0.325 e. The molecular weight excluding hydrogens is 347 g/mol. The van der Waals surface area contributed by atoms with Crippen molar-refractivity contribution >= 4 is 46.4 Å². The molecule has 0 aliphatic carbocycles. The maximum Gasteiger partial charge on any atom is 0.239 e. The summed E-state index contributed by atoms with van der Waals surface area (Å²) in [6, 6.07) is 12.1. The fraction of sp³-hybridized carbons (Fsp3) is 0.222. The van der Waals surface area contributed by atoms with E-state index in [4.69, 9.17) is 23.2 Å². The number of hydrogen-bond donors (Lipinski definition) is 2. The molecule has 126 valence electrons. The number of carbonyl (C=O) groups excluding carboxylic acids is 2. The summed E-state index contributed by atoms with van der Waals surface area (Å²) in [6.07, 6.45) is 0. The van der Waals surface area contributed by atoms with E-state index in [1.165, 1.54) is 6.07 Å². The number of halogens is 2. The van der Waals surface area contributed by atoms with Gasteiger partial charge in [0.05, 0.1) is 10.0 Å². The molecule has 2 rings (SSSR count). The zero-order chi connectivity index (χ0) is 17.9. The normalized spacial score (nSPS) is 11.0. The molecule has 24 heavy (non-hydrogen) atoms. The first-order chi connectivity index (χ1) is 11.2. The number of benzene rings is 2. The van der Waals surface area contributed by atoms with E-state index in [0.29, 0.717) is 21.4 Å². The minimum absolute atomic E-state index is 0.330. The van der Waals surface area contributed by atoms with E-state index in [9.17, 15) is 9.59 Å². The van der Waals surface area contributed by atoms with Gasteiger partial charge in [0.15, 0.2) is 0 Å². The average Bonchev–Trinajstić information content (AvgIpc) is 2.53. The number of amides is 2. The smallest absolute Gasteiger partial charge is 0.239 e. The Bertz CT molecular complexity index is 788. The fourth-order valence-corrected chi connectivity index (χ4v) is 2.25. The minimum atomic E-state index is -1.27. The van der Waals surface area contributed by atoms with E-state index in [0.717, 1.165) is 5.56 Å². The lowest BCUT2D eigenvalue weighted by Gasteiger charge is -2.23. The van der Waals surface area contributed by atoms with E-state index in [1.807, 2.05) is 25.1 Å². The highest BCUT2D eigenvalue weighted by Gasteiger charge is 2.36. The second-order valence-electron chi connectivity index (χ2n) is 5.98. The second kappa shape index (κ2) is 7.24. The van der Waals surface area contributed by atoms with Crippen LogP contribution in [0.1, 0.15) is 19.4 Å². The number of aryl methyl sites for hydroxylation is 1. The van der Waals surface area contributed by atoms with Crippen molar-refractivity contribution in [2.75, 3.05) is 10.6 Å². The topological polar surface area (TPSA) is 58.2 Å². The van der Waals surface area contributed by atoms with Crippen molar-refractivity contribution in [3.63, 3.8) is 0 Å². The third kappa shape index (κ3) is 4.08. The number of para-hydroxylation sites is 1. The highest BCUT2D eigenvalue weighted by atomic mass is 35.5. The van der Waals surface area contributed by atoms with Crippen molar-refractivity contribution in [1.29, 1.82) is 0 Å². The molecule has 0 saturated heterocycles. The Morgan fingerprint density at radius 1 is 0.917 bits per heavy atom. The molecule has 2 amide bonds.